The number of nitrogens with one attached hydrogen (secondary N) is 1. The minimum Gasteiger partial charge on any atom is -0.545 e. The minimum absolute atomic E-state index is 0.0882. The molecule has 1 N–H and O–H groups in total. The molecule has 0 atom stereocenters. The predicted molar refractivity (Wildman–Crippen MR) is 126 cm³/mol. The molecule has 1 aliphatic rings. The van der Waals surface area contributed by atoms with Crippen LogP contribution in [0.5, 0.6) is 5.75 Å². The summed E-state index contributed by atoms with van der Waals surface area (Å²) in [6.07, 6.45) is 1.42. The number of ether oxygens (including phenoxy) is 1. The summed E-state index contributed by atoms with van der Waals surface area (Å²) < 4.78 is 5.71. The van der Waals surface area contributed by atoms with Crippen LogP contribution >= 0.6 is 0 Å². The summed E-state index contributed by atoms with van der Waals surface area (Å²) in [5.74, 6) is -2.17. The van der Waals surface area contributed by atoms with E-state index in [2.05, 4.69) is 5.32 Å². The normalized spacial score (nSPS) is 14.7. The predicted octanol–water partition coefficient (Wildman–Crippen LogP) is 2.91. The molecule has 8 nitrogen and oxygen atoms in total. The van der Waals surface area contributed by atoms with Crippen LogP contribution in [-0.4, -0.2) is 23.8 Å². The molecule has 4 amide bonds. The van der Waals surface area contributed by atoms with E-state index in [0.29, 0.717) is 17.0 Å². The molecule has 0 bridgehead atoms. The van der Waals surface area contributed by atoms with Gasteiger partial charge >= 0.3 is 6.03 Å². The summed E-state index contributed by atoms with van der Waals surface area (Å²) in [7, 11) is 0. The third-order valence-electron chi connectivity index (χ3n) is 5.64. The number of carbonyl (C=O) groups is 4. The highest BCUT2D eigenvalue weighted by atomic mass is 16.5. The average molecular weight is 469 g/mol. The number of rotatable bonds is 6. The first-order chi connectivity index (χ1) is 16.7. The molecule has 35 heavy (non-hydrogen) atoms. The molecule has 3 aromatic carbocycles. The van der Waals surface area contributed by atoms with Crippen LogP contribution in [0.4, 0.5) is 10.5 Å². The second kappa shape index (κ2) is 9.64. The van der Waals surface area contributed by atoms with Gasteiger partial charge in [0, 0.05) is 0 Å². The van der Waals surface area contributed by atoms with Gasteiger partial charge in [0.05, 0.1) is 11.7 Å². The van der Waals surface area contributed by atoms with Crippen LogP contribution in [0.15, 0.2) is 72.3 Å². The van der Waals surface area contributed by atoms with Gasteiger partial charge in [-0.1, -0.05) is 42.5 Å². The van der Waals surface area contributed by atoms with Crippen LogP contribution in [-0.2, 0) is 16.2 Å². The summed E-state index contributed by atoms with van der Waals surface area (Å²) in [5.41, 5.74) is 3.59. The summed E-state index contributed by atoms with van der Waals surface area (Å²) in [5, 5.41) is 13.0. The van der Waals surface area contributed by atoms with Crippen LogP contribution in [0.25, 0.3) is 6.08 Å². The Bertz CT molecular complexity index is 1360. The lowest BCUT2D eigenvalue weighted by molar-refractivity contribution is -0.255. The lowest BCUT2D eigenvalue weighted by Gasteiger charge is -2.26. The van der Waals surface area contributed by atoms with Crippen molar-refractivity contribution in [3.8, 4) is 5.75 Å². The number of anilines is 1. The van der Waals surface area contributed by atoms with Crippen molar-refractivity contribution in [1.29, 1.82) is 0 Å². The summed E-state index contributed by atoms with van der Waals surface area (Å²) >= 11 is 0. The highest BCUT2D eigenvalue weighted by Gasteiger charge is 2.36. The fourth-order valence-corrected chi connectivity index (χ4v) is 3.49. The van der Waals surface area contributed by atoms with E-state index in [1.54, 1.807) is 48.5 Å². The number of carbonyl (C=O) groups excluding carboxylic acids is 4. The fourth-order valence-electron chi connectivity index (χ4n) is 3.49. The van der Waals surface area contributed by atoms with Gasteiger partial charge in [0.25, 0.3) is 11.8 Å². The van der Waals surface area contributed by atoms with Gasteiger partial charge in [-0.25, -0.2) is 9.69 Å². The van der Waals surface area contributed by atoms with E-state index in [9.17, 15) is 24.3 Å². The van der Waals surface area contributed by atoms with Crippen LogP contribution in [0.2, 0.25) is 0 Å². The van der Waals surface area contributed by atoms with Gasteiger partial charge in [-0.05, 0) is 72.0 Å². The quantitative estimate of drug-likeness (QED) is 0.438. The number of barbiturate groups is 1. The Morgan fingerprint density at radius 2 is 1.63 bits per heavy atom. The highest BCUT2D eigenvalue weighted by molar-refractivity contribution is 6.39. The third kappa shape index (κ3) is 5.11. The van der Waals surface area contributed by atoms with E-state index in [0.717, 1.165) is 21.6 Å². The zero-order valence-corrected chi connectivity index (χ0v) is 19.0. The van der Waals surface area contributed by atoms with Crippen molar-refractivity contribution in [2.75, 3.05) is 4.90 Å². The topological polar surface area (TPSA) is 116 Å². The molecule has 4 rings (SSSR count). The maximum atomic E-state index is 13.1. The number of hydrogen-bond acceptors (Lipinski definition) is 6. The van der Waals surface area contributed by atoms with E-state index in [1.807, 2.05) is 19.9 Å². The zero-order valence-electron chi connectivity index (χ0n) is 19.0. The molecule has 0 aromatic heterocycles. The molecule has 176 valence electrons. The van der Waals surface area contributed by atoms with E-state index >= 15 is 0 Å². The lowest BCUT2D eigenvalue weighted by atomic mass is 10.1. The Labute approximate surface area is 201 Å². The van der Waals surface area contributed by atoms with E-state index in [4.69, 9.17) is 4.74 Å². The molecule has 0 saturated carbocycles. The Hall–Kier alpha value is -4.72. The number of urea groups is 1. The van der Waals surface area contributed by atoms with Crippen molar-refractivity contribution < 1.29 is 29.0 Å². The Morgan fingerprint density at radius 3 is 2.26 bits per heavy atom. The smallest absolute Gasteiger partial charge is 0.335 e. The van der Waals surface area contributed by atoms with Crippen molar-refractivity contribution in [2.24, 2.45) is 0 Å². The molecule has 0 aliphatic carbocycles. The van der Waals surface area contributed by atoms with Gasteiger partial charge in [0.2, 0.25) is 0 Å². The first-order valence-corrected chi connectivity index (χ1v) is 10.7. The van der Waals surface area contributed by atoms with Gasteiger partial charge in [-0.3, -0.25) is 14.9 Å². The molecular formula is C27H21N2O6-. The Morgan fingerprint density at radius 1 is 0.943 bits per heavy atom. The minimum atomic E-state index is -1.24. The maximum Gasteiger partial charge on any atom is 0.335 e. The molecule has 8 heteroatoms. The lowest BCUT2D eigenvalue weighted by Crippen LogP contribution is -2.54. The van der Waals surface area contributed by atoms with E-state index in [1.165, 1.54) is 18.2 Å². The Balaban J connectivity index is 1.49. The molecule has 0 unspecified atom stereocenters. The van der Waals surface area contributed by atoms with Gasteiger partial charge < -0.3 is 14.6 Å². The average Bonchev–Trinajstić information content (AvgIpc) is 2.83. The zero-order chi connectivity index (χ0) is 25.1. The van der Waals surface area contributed by atoms with Gasteiger partial charge in [-0.2, -0.15) is 0 Å². The summed E-state index contributed by atoms with van der Waals surface area (Å²) in [6, 6.07) is 17.3. The fraction of sp³-hybridized carbons (Fsp3) is 0.111. The molecule has 0 radical (unpaired) electrons. The number of nitrogens with zero attached hydrogens (tertiary/aromatic N) is 1. The second-order valence-corrected chi connectivity index (χ2v) is 8.07. The SMILES string of the molecule is Cc1ccc(N2C(=O)NC(=O)/C(=C\c3ccc(OCc4ccc(C(=O)[O-])cc4)cc3)C2=O)cc1C. The molecular weight excluding hydrogens is 448 g/mol. The maximum absolute atomic E-state index is 13.1. The number of benzene rings is 3. The molecule has 1 heterocycles. The van der Waals surface area contributed by atoms with Crippen molar-refractivity contribution in [3.05, 3.63) is 100 Å². The first kappa shape index (κ1) is 23.4. The monoisotopic (exact) mass is 469 g/mol. The number of hydrogen-bond donors (Lipinski definition) is 1. The molecule has 0 spiro atoms. The van der Waals surface area contributed by atoms with E-state index in [-0.39, 0.29) is 17.7 Å². The van der Waals surface area contributed by atoms with Crippen LogP contribution in [0, 0.1) is 13.8 Å². The largest absolute Gasteiger partial charge is 0.545 e. The van der Waals surface area contributed by atoms with Gasteiger partial charge in [0.15, 0.2) is 0 Å². The molecule has 1 aliphatic heterocycles. The number of amides is 4. The van der Waals surface area contributed by atoms with Crippen molar-refractivity contribution in [2.45, 2.75) is 20.5 Å². The number of carboxylic acids is 1. The molecule has 1 saturated heterocycles. The highest BCUT2D eigenvalue weighted by Crippen LogP contribution is 2.24. The van der Waals surface area contributed by atoms with Crippen molar-refractivity contribution in [1.82, 2.24) is 5.32 Å². The second-order valence-electron chi connectivity index (χ2n) is 8.07. The van der Waals surface area contributed by atoms with Gasteiger partial charge in [-0.15, -0.1) is 0 Å². The van der Waals surface area contributed by atoms with Crippen molar-refractivity contribution in [3.63, 3.8) is 0 Å². The molecule has 1 fully saturated rings. The first-order valence-electron chi connectivity index (χ1n) is 10.7. The Kier molecular flexibility index (Phi) is 6.46. The standard InChI is InChI=1S/C27H22N2O6/c1-16-3-10-21(13-17(16)2)29-25(31)23(24(30)28-27(29)34)14-18-6-11-22(12-7-18)35-15-19-4-8-20(9-5-19)26(32)33/h3-14H,15H2,1-2H3,(H,32,33)(H,28,30,34)/p-1/b23-14+. The third-order valence-corrected chi connectivity index (χ3v) is 5.64. The number of imide groups is 2. The number of aryl methyl sites for hydroxylation is 2. The van der Waals surface area contributed by atoms with E-state index < -0.39 is 23.8 Å². The van der Waals surface area contributed by atoms with Gasteiger partial charge in [0.1, 0.15) is 17.9 Å². The van der Waals surface area contributed by atoms with Crippen LogP contribution < -0.4 is 20.1 Å². The number of carboxylic acid groups (broad SMARTS) is 1. The summed E-state index contributed by atoms with van der Waals surface area (Å²) in [6.45, 7) is 4.02. The van der Waals surface area contributed by atoms with Crippen LogP contribution in [0.1, 0.15) is 32.6 Å². The molecule has 3 aromatic rings. The number of aromatic carboxylic acids is 1. The van der Waals surface area contributed by atoms with Crippen molar-refractivity contribution >= 4 is 35.6 Å². The summed E-state index contributed by atoms with van der Waals surface area (Å²) in [4.78, 5) is 49.6. The van der Waals surface area contributed by atoms with Crippen LogP contribution in [0.3, 0.4) is 0 Å².